The topological polar surface area (TPSA) is 49.3 Å². The van der Waals surface area contributed by atoms with Gasteiger partial charge in [-0.1, -0.05) is 0 Å². The Morgan fingerprint density at radius 2 is 2.33 bits per heavy atom. The van der Waals surface area contributed by atoms with Crippen LogP contribution in [0.3, 0.4) is 0 Å². The van der Waals surface area contributed by atoms with Crippen molar-refractivity contribution in [1.82, 2.24) is 0 Å². The zero-order valence-electron chi connectivity index (χ0n) is 6.87. The maximum atomic E-state index is 10.5. The normalized spacial score (nSPS) is 9.42. The number of benzene rings is 1. The molecule has 0 heterocycles. The summed E-state index contributed by atoms with van der Waals surface area (Å²) in [7, 11) is 0. The first kappa shape index (κ1) is 8.59. The van der Waals surface area contributed by atoms with Gasteiger partial charge in [-0.2, -0.15) is 0 Å². The number of carbonyl (C=O) groups excluding carboxylic acids is 1. The van der Waals surface area contributed by atoms with Crippen LogP contribution in [0.1, 0.15) is 17.3 Å². The molecule has 0 radical (unpaired) electrons. The molecule has 0 spiro atoms. The van der Waals surface area contributed by atoms with Crippen molar-refractivity contribution >= 4 is 12.0 Å². The molecular formula is C9H11NO2. The van der Waals surface area contributed by atoms with E-state index in [4.69, 9.17) is 5.11 Å². The highest BCUT2D eigenvalue weighted by molar-refractivity contribution is 5.84. The van der Waals surface area contributed by atoms with Gasteiger partial charge in [0.15, 0.2) is 6.29 Å². The number of hydrogen-bond acceptors (Lipinski definition) is 3. The van der Waals surface area contributed by atoms with E-state index >= 15 is 0 Å². The fourth-order valence-electron chi connectivity index (χ4n) is 0.991. The minimum Gasteiger partial charge on any atom is -0.508 e. The Balaban J connectivity index is 3.03. The van der Waals surface area contributed by atoms with E-state index in [0.29, 0.717) is 11.3 Å². The van der Waals surface area contributed by atoms with Gasteiger partial charge in [-0.25, -0.2) is 0 Å². The molecule has 3 nitrogen and oxygen atoms in total. The Labute approximate surface area is 71.0 Å². The Kier molecular flexibility index (Phi) is 2.69. The Bertz CT molecular complexity index is 284. The van der Waals surface area contributed by atoms with Crippen molar-refractivity contribution in [3.63, 3.8) is 0 Å². The standard InChI is InChI=1S/C9H11NO2/c1-2-10-9-5-8(12)4-3-7(9)6-11/h3-6,10,12H,2H2,1H3. The molecule has 1 rings (SSSR count). The van der Waals surface area contributed by atoms with Crippen molar-refractivity contribution in [3.05, 3.63) is 23.8 Å². The van der Waals surface area contributed by atoms with E-state index in [2.05, 4.69) is 5.32 Å². The molecule has 0 aliphatic heterocycles. The van der Waals surface area contributed by atoms with Gasteiger partial charge < -0.3 is 10.4 Å². The number of hydrogen-bond donors (Lipinski definition) is 2. The highest BCUT2D eigenvalue weighted by atomic mass is 16.3. The third kappa shape index (κ3) is 1.75. The van der Waals surface area contributed by atoms with Crippen molar-refractivity contribution in [1.29, 1.82) is 0 Å². The molecule has 12 heavy (non-hydrogen) atoms. The third-order valence-corrected chi connectivity index (χ3v) is 1.53. The van der Waals surface area contributed by atoms with Gasteiger partial charge in [-0.15, -0.1) is 0 Å². The molecule has 0 aliphatic carbocycles. The van der Waals surface area contributed by atoms with Crippen LogP contribution < -0.4 is 5.32 Å². The largest absolute Gasteiger partial charge is 0.508 e. The highest BCUT2D eigenvalue weighted by Gasteiger charge is 2.00. The van der Waals surface area contributed by atoms with Gasteiger partial charge in [-0.3, -0.25) is 4.79 Å². The molecule has 0 bridgehead atoms. The first-order chi connectivity index (χ1) is 5.77. The number of phenols is 1. The van der Waals surface area contributed by atoms with Gasteiger partial charge in [0, 0.05) is 23.9 Å². The molecule has 0 saturated carbocycles. The maximum Gasteiger partial charge on any atom is 0.152 e. The Morgan fingerprint density at radius 3 is 2.92 bits per heavy atom. The van der Waals surface area contributed by atoms with Crippen LogP contribution in [0.4, 0.5) is 5.69 Å². The summed E-state index contributed by atoms with van der Waals surface area (Å²) in [6.45, 7) is 2.66. The second-order valence-electron chi connectivity index (χ2n) is 2.42. The van der Waals surface area contributed by atoms with E-state index in [1.165, 1.54) is 12.1 Å². The number of phenolic OH excluding ortho intramolecular Hbond substituents is 1. The fourth-order valence-corrected chi connectivity index (χ4v) is 0.991. The fraction of sp³-hybridized carbons (Fsp3) is 0.222. The van der Waals surface area contributed by atoms with Crippen molar-refractivity contribution < 1.29 is 9.90 Å². The molecule has 0 saturated heterocycles. The van der Waals surface area contributed by atoms with E-state index in [-0.39, 0.29) is 5.75 Å². The van der Waals surface area contributed by atoms with Gasteiger partial charge in [-0.05, 0) is 19.1 Å². The van der Waals surface area contributed by atoms with E-state index in [9.17, 15) is 4.79 Å². The first-order valence-electron chi connectivity index (χ1n) is 3.80. The summed E-state index contributed by atoms with van der Waals surface area (Å²) in [5.74, 6) is 0.163. The summed E-state index contributed by atoms with van der Waals surface area (Å²) in [5.41, 5.74) is 1.24. The number of nitrogens with one attached hydrogen (secondary N) is 1. The number of anilines is 1. The Hall–Kier alpha value is -1.51. The average molecular weight is 165 g/mol. The maximum absolute atomic E-state index is 10.5. The highest BCUT2D eigenvalue weighted by Crippen LogP contribution is 2.19. The quantitative estimate of drug-likeness (QED) is 0.669. The SMILES string of the molecule is CCNc1cc(O)ccc1C=O. The second-order valence-corrected chi connectivity index (χ2v) is 2.42. The summed E-state index contributed by atoms with van der Waals surface area (Å²) < 4.78 is 0. The molecule has 0 unspecified atom stereocenters. The van der Waals surface area contributed by atoms with E-state index in [1.54, 1.807) is 6.07 Å². The van der Waals surface area contributed by atoms with Gasteiger partial charge >= 0.3 is 0 Å². The number of aldehydes is 1. The molecule has 1 aromatic carbocycles. The molecule has 1 aromatic rings. The van der Waals surface area contributed by atoms with Gasteiger partial charge in [0.1, 0.15) is 5.75 Å². The summed E-state index contributed by atoms with van der Waals surface area (Å²) in [6.07, 6.45) is 0.761. The first-order valence-corrected chi connectivity index (χ1v) is 3.80. The third-order valence-electron chi connectivity index (χ3n) is 1.53. The predicted molar refractivity (Wildman–Crippen MR) is 47.7 cm³/mol. The van der Waals surface area contributed by atoms with Crippen LogP contribution in [0, 0.1) is 0 Å². The zero-order valence-corrected chi connectivity index (χ0v) is 6.87. The lowest BCUT2D eigenvalue weighted by Gasteiger charge is -2.05. The monoisotopic (exact) mass is 165 g/mol. The summed E-state index contributed by atoms with van der Waals surface area (Å²) in [6, 6.07) is 4.61. The summed E-state index contributed by atoms with van der Waals surface area (Å²) in [4.78, 5) is 10.5. The summed E-state index contributed by atoms with van der Waals surface area (Å²) in [5, 5.41) is 12.1. The number of rotatable bonds is 3. The van der Waals surface area contributed by atoms with Crippen LogP contribution in [-0.2, 0) is 0 Å². The van der Waals surface area contributed by atoms with E-state index in [0.717, 1.165) is 12.8 Å². The molecule has 0 amide bonds. The van der Waals surface area contributed by atoms with Crippen molar-refractivity contribution in [3.8, 4) is 5.75 Å². The van der Waals surface area contributed by atoms with Gasteiger partial charge in [0.25, 0.3) is 0 Å². The minimum absolute atomic E-state index is 0.163. The van der Waals surface area contributed by atoms with Crippen LogP contribution >= 0.6 is 0 Å². The van der Waals surface area contributed by atoms with Crippen molar-refractivity contribution in [2.24, 2.45) is 0 Å². The van der Waals surface area contributed by atoms with E-state index in [1.807, 2.05) is 6.92 Å². The molecule has 0 aliphatic rings. The van der Waals surface area contributed by atoms with Crippen LogP contribution in [0.5, 0.6) is 5.75 Å². The number of carbonyl (C=O) groups is 1. The second kappa shape index (κ2) is 3.76. The minimum atomic E-state index is 0.163. The molecule has 0 aromatic heterocycles. The molecule has 64 valence electrons. The van der Waals surface area contributed by atoms with Gasteiger partial charge in [0.05, 0.1) is 0 Å². The molecular weight excluding hydrogens is 154 g/mol. The van der Waals surface area contributed by atoms with Crippen molar-refractivity contribution in [2.75, 3.05) is 11.9 Å². The van der Waals surface area contributed by atoms with E-state index < -0.39 is 0 Å². The Morgan fingerprint density at radius 1 is 1.58 bits per heavy atom. The molecule has 3 heteroatoms. The van der Waals surface area contributed by atoms with Crippen LogP contribution in [0.25, 0.3) is 0 Å². The lowest BCUT2D eigenvalue weighted by Crippen LogP contribution is -1.99. The average Bonchev–Trinajstić information content (AvgIpc) is 2.05. The summed E-state index contributed by atoms with van der Waals surface area (Å²) >= 11 is 0. The lowest BCUT2D eigenvalue weighted by molar-refractivity contribution is 0.112. The molecule has 0 fully saturated rings. The molecule has 2 N–H and O–H groups in total. The van der Waals surface area contributed by atoms with Gasteiger partial charge in [0.2, 0.25) is 0 Å². The van der Waals surface area contributed by atoms with Crippen LogP contribution in [-0.4, -0.2) is 17.9 Å². The lowest BCUT2D eigenvalue weighted by atomic mass is 10.2. The predicted octanol–water partition coefficient (Wildman–Crippen LogP) is 1.64. The zero-order chi connectivity index (χ0) is 8.97. The van der Waals surface area contributed by atoms with Crippen LogP contribution in [0.15, 0.2) is 18.2 Å². The van der Waals surface area contributed by atoms with Crippen molar-refractivity contribution in [2.45, 2.75) is 6.92 Å². The smallest absolute Gasteiger partial charge is 0.152 e. The van der Waals surface area contributed by atoms with Crippen LogP contribution in [0.2, 0.25) is 0 Å². The molecule has 0 atom stereocenters. The number of aromatic hydroxyl groups is 1.